The van der Waals surface area contributed by atoms with E-state index in [1.807, 2.05) is 56.3 Å². The lowest BCUT2D eigenvalue weighted by Crippen LogP contribution is -2.45. The first-order valence-electron chi connectivity index (χ1n) is 11.5. The second-order valence-corrected chi connectivity index (χ2v) is 9.27. The molecule has 1 aliphatic heterocycles. The number of rotatable bonds is 6. The monoisotopic (exact) mass is 498 g/mol. The van der Waals surface area contributed by atoms with E-state index in [1.54, 1.807) is 29.2 Å². The van der Waals surface area contributed by atoms with E-state index in [1.165, 1.54) is 7.11 Å². The molecule has 1 atom stereocenters. The molecule has 1 unspecified atom stereocenters. The predicted molar refractivity (Wildman–Crippen MR) is 143 cm³/mol. The number of nitrogens with zero attached hydrogens (tertiary/aromatic N) is 2. The van der Waals surface area contributed by atoms with Crippen LogP contribution in [0.2, 0.25) is 0 Å². The number of thiocarbonyl (C=S) groups is 1. The van der Waals surface area contributed by atoms with Gasteiger partial charge >= 0.3 is 5.97 Å². The number of anilines is 2. The van der Waals surface area contributed by atoms with E-state index >= 15 is 0 Å². The van der Waals surface area contributed by atoms with Crippen molar-refractivity contribution in [3.63, 3.8) is 0 Å². The number of methoxy groups -OCH3 is 1. The number of carbonyl (C=O) groups is 2. The normalized spacial score (nSPS) is 13.1. The van der Waals surface area contributed by atoms with Gasteiger partial charge in [0.1, 0.15) is 6.04 Å². The Labute approximate surface area is 215 Å². The maximum atomic E-state index is 13.2. The topological polar surface area (TPSA) is 94.5 Å². The number of esters is 1. The van der Waals surface area contributed by atoms with Gasteiger partial charge in [-0.15, -0.1) is 0 Å². The van der Waals surface area contributed by atoms with E-state index in [4.69, 9.17) is 22.2 Å². The number of nitriles is 1. The van der Waals surface area contributed by atoms with Gasteiger partial charge in [0.05, 0.1) is 18.7 Å². The highest BCUT2D eigenvalue weighted by atomic mass is 32.1. The van der Waals surface area contributed by atoms with Crippen LogP contribution in [0.1, 0.15) is 35.3 Å². The summed E-state index contributed by atoms with van der Waals surface area (Å²) in [7, 11) is 1.35. The fourth-order valence-electron chi connectivity index (χ4n) is 4.28. The Morgan fingerprint density at radius 3 is 2.14 bits per heavy atom. The summed E-state index contributed by atoms with van der Waals surface area (Å²) >= 11 is 5.39. The number of carbonyl (C=O) groups excluding carboxylic acids is 2. The molecule has 0 saturated heterocycles. The van der Waals surface area contributed by atoms with Crippen molar-refractivity contribution < 1.29 is 14.3 Å². The number of ether oxygens (including phenoxy) is 1. The molecule has 0 aromatic heterocycles. The van der Waals surface area contributed by atoms with Gasteiger partial charge < -0.3 is 20.3 Å². The minimum Gasteiger partial charge on any atom is -0.467 e. The standard InChI is InChI=1S/C28H26N4O3S/c1-17(2)25(27(34)35-3)32-16-21-7-6-20(14-24(21)26(32)33)19-8-12-23(13-9-19)31-28(36)30-22-10-4-18(15-29)5-11-22/h4-14,17,25H,16H2,1-3H3,(H2,30,31,36). The van der Waals surface area contributed by atoms with Gasteiger partial charge in [-0.25, -0.2) is 4.79 Å². The van der Waals surface area contributed by atoms with Crippen LogP contribution in [0.4, 0.5) is 11.4 Å². The molecule has 0 aliphatic carbocycles. The van der Waals surface area contributed by atoms with Crippen LogP contribution >= 0.6 is 12.2 Å². The van der Waals surface area contributed by atoms with Crippen molar-refractivity contribution in [3.05, 3.63) is 83.4 Å². The Morgan fingerprint density at radius 2 is 1.58 bits per heavy atom. The average Bonchev–Trinajstić information content (AvgIpc) is 3.19. The predicted octanol–water partition coefficient (Wildman–Crippen LogP) is 5.19. The van der Waals surface area contributed by atoms with E-state index in [9.17, 15) is 9.59 Å². The molecule has 0 saturated carbocycles. The van der Waals surface area contributed by atoms with Crippen LogP contribution in [-0.2, 0) is 16.1 Å². The van der Waals surface area contributed by atoms with Crippen LogP contribution in [0.25, 0.3) is 11.1 Å². The third kappa shape index (κ3) is 5.21. The van der Waals surface area contributed by atoms with Crippen molar-refractivity contribution in [1.29, 1.82) is 5.26 Å². The zero-order chi connectivity index (χ0) is 25.8. The fourth-order valence-corrected chi connectivity index (χ4v) is 4.51. The largest absolute Gasteiger partial charge is 0.467 e. The van der Waals surface area contributed by atoms with E-state index in [0.717, 1.165) is 28.1 Å². The number of nitrogens with one attached hydrogen (secondary N) is 2. The zero-order valence-corrected chi connectivity index (χ0v) is 21.1. The summed E-state index contributed by atoms with van der Waals surface area (Å²) in [5.74, 6) is -0.623. The van der Waals surface area contributed by atoms with Crippen molar-refractivity contribution in [2.45, 2.75) is 26.4 Å². The molecule has 3 aromatic carbocycles. The highest BCUT2D eigenvalue weighted by Gasteiger charge is 2.38. The minimum absolute atomic E-state index is 0.0623. The van der Waals surface area contributed by atoms with E-state index in [2.05, 4.69) is 16.7 Å². The van der Waals surface area contributed by atoms with Gasteiger partial charge in [-0.05, 0) is 77.3 Å². The fraction of sp³-hybridized carbons (Fsp3) is 0.214. The smallest absolute Gasteiger partial charge is 0.328 e. The molecule has 36 heavy (non-hydrogen) atoms. The molecule has 182 valence electrons. The Morgan fingerprint density at radius 1 is 1.00 bits per heavy atom. The van der Waals surface area contributed by atoms with E-state index < -0.39 is 12.0 Å². The summed E-state index contributed by atoms with van der Waals surface area (Å²) in [4.78, 5) is 27.1. The number of amides is 1. The summed E-state index contributed by atoms with van der Waals surface area (Å²) in [6.45, 7) is 4.20. The van der Waals surface area contributed by atoms with E-state index in [-0.39, 0.29) is 11.8 Å². The lowest BCUT2D eigenvalue weighted by molar-refractivity contribution is -0.147. The summed E-state index contributed by atoms with van der Waals surface area (Å²) in [5.41, 5.74) is 5.55. The van der Waals surface area contributed by atoms with Crippen LogP contribution in [0.3, 0.4) is 0 Å². The second-order valence-electron chi connectivity index (χ2n) is 8.86. The average molecular weight is 499 g/mol. The highest BCUT2D eigenvalue weighted by Crippen LogP contribution is 2.32. The molecule has 1 heterocycles. The number of benzene rings is 3. The van der Waals surface area contributed by atoms with Gasteiger partial charge in [-0.1, -0.05) is 38.1 Å². The van der Waals surface area contributed by atoms with Crippen LogP contribution in [0.5, 0.6) is 0 Å². The summed E-state index contributed by atoms with van der Waals surface area (Å²) in [6.07, 6.45) is 0. The Kier molecular flexibility index (Phi) is 7.32. The van der Waals surface area contributed by atoms with Gasteiger partial charge in [0.25, 0.3) is 5.91 Å². The molecular formula is C28H26N4O3S. The molecule has 4 rings (SSSR count). The second kappa shape index (κ2) is 10.6. The molecule has 8 heteroatoms. The summed E-state index contributed by atoms with van der Waals surface area (Å²) < 4.78 is 4.94. The first-order chi connectivity index (χ1) is 17.3. The molecule has 7 nitrogen and oxygen atoms in total. The lowest BCUT2D eigenvalue weighted by Gasteiger charge is -2.28. The van der Waals surface area contributed by atoms with Crippen LogP contribution in [0, 0.1) is 17.2 Å². The first-order valence-corrected chi connectivity index (χ1v) is 11.9. The Hall–Kier alpha value is -4.22. The third-order valence-electron chi connectivity index (χ3n) is 6.10. The van der Waals surface area contributed by atoms with Crippen molar-refractivity contribution in [1.82, 2.24) is 4.90 Å². The van der Waals surface area contributed by atoms with Gasteiger partial charge in [-0.3, -0.25) is 4.79 Å². The third-order valence-corrected chi connectivity index (χ3v) is 6.30. The van der Waals surface area contributed by atoms with Gasteiger partial charge in [-0.2, -0.15) is 5.26 Å². The number of hydrogen-bond acceptors (Lipinski definition) is 5. The van der Waals surface area contributed by atoms with E-state index in [0.29, 0.717) is 22.8 Å². The molecule has 1 aliphatic rings. The van der Waals surface area contributed by atoms with Gasteiger partial charge in [0.15, 0.2) is 5.11 Å². The molecule has 0 bridgehead atoms. The van der Waals surface area contributed by atoms with Crippen molar-refractivity contribution in [2.75, 3.05) is 17.7 Å². The molecule has 0 fully saturated rings. The van der Waals surface area contributed by atoms with Gasteiger partial charge in [0.2, 0.25) is 0 Å². The maximum Gasteiger partial charge on any atom is 0.328 e. The van der Waals surface area contributed by atoms with Crippen LogP contribution in [0.15, 0.2) is 66.7 Å². The molecule has 0 radical (unpaired) electrons. The zero-order valence-electron chi connectivity index (χ0n) is 20.2. The molecule has 0 spiro atoms. The summed E-state index contributed by atoms with van der Waals surface area (Å²) in [5, 5.41) is 15.6. The van der Waals surface area contributed by atoms with Gasteiger partial charge in [0, 0.05) is 23.5 Å². The quantitative estimate of drug-likeness (QED) is 0.357. The SMILES string of the molecule is COC(=O)C(C(C)C)N1Cc2ccc(-c3ccc(NC(=S)Nc4ccc(C#N)cc4)cc3)cc2C1=O. The maximum absolute atomic E-state index is 13.2. The summed E-state index contributed by atoms with van der Waals surface area (Å²) in [6, 6.07) is 22.0. The van der Waals surface area contributed by atoms with Crippen LogP contribution < -0.4 is 10.6 Å². The molecule has 2 N–H and O–H groups in total. The molecule has 1 amide bonds. The Bertz CT molecular complexity index is 1340. The van der Waals surface area contributed by atoms with Crippen molar-refractivity contribution >= 4 is 40.6 Å². The van der Waals surface area contributed by atoms with Crippen molar-refractivity contribution in [2.24, 2.45) is 5.92 Å². The first kappa shape index (κ1) is 24.9. The molecule has 3 aromatic rings. The van der Waals surface area contributed by atoms with Crippen molar-refractivity contribution in [3.8, 4) is 17.2 Å². The number of hydrogen-bond donors (Lipinski definition) is 2. The minimum atomic E-state index is -0.620. The number of fused-ring (bicyclic) bond motifs is 1. The lowest BCUT2D eigenvalue weighted by atomic mass is 10.00. The Balaban J connectivity index is 1.45. The molecular weight excluding hydrogens is 472 g/mol. The highest BCUT2D eigenvalue weighted by molar-refractivity contribution is 7.80. The van der Waals surface area contributed by atoms with Crippen LogP contribution in [-0.4, -0.2) is 35.0 Å².